The number of alkyl halides is 3. The normalized spacial score (nSPS) is 20.3. The summed E-state index contributed by atoms with van der Waals surface area (Å²) in [5.41, 5.74) is -1.40. The number of methoxy groups -OCH3 is 1. The molecule has 2 aliphatic heterocycles. The van der Waals surface area contributed by atoms with Crippen LogP contribution in [0, 0.1) is 28.1 Å². The number of amides is 1. The maximum Gasteiger partial charge on any atom is 0.417 e. The lowest BCUT2D eigenvalue weighted by Crippen LogP contribution is -2.50. The highest BCUT2D eigenvalue weighted by Crippen LogP contribution is 2.47. The van der Waals surface area contributed by atoms with Gasteiger partial charge in [-0.3, -0.25) is 4.79 Å². The molecule has 1 unspecified atom stereocenters. The summed E-state index contributed by atoms with van der Waals surface area (Å²) in [5, 5.41) is 9.14. The molecular formula is C26H36F3N3O3. The van der Waals surface area contributed by atoms with E-state index in [-0.39, 0.29) is 22.8 Å². The molecule has 0 bridgehead atoms. The van der Waals surface area contributed by atoms with Gasteiger partial charge < -0.3 is 19.3 Å². The molecule has 6 nitrogen and oxygen atoms in total. The molecule has 194 valence electrons. The van der Waals surface area contributed by atoms with Gasteiger partial charge in [-0.25, -0.2) is 0 Å². The Morgan fingerprint density at radius 3 is 2.49 bits per heavy atom. The van der Waals surface area contributed by atoms with Crippen molar-refractivity contribution in [2.75, 3.05) is 58.0 Å². The average Bonchev–Trinajstić information content (AvgIpc) is 3.18. The molecule has 0 N–H and O–H groups in total. The Morgan fingerprint density at radius 2 is 1.91 bits per heavy atom. The number of rotatable bonds is 8. The predicted octanol–water partition coefficient (Wildman–Crippen LogP) is 4.72. The Kier molecular flexibility index (Phi) is 8.38. The van der Waals surface area contributed by atoms with E-state index in [1.54, 1.807) is 19.2 Å². The standard InChI is InChI=1S/C26H36F3N3O3/c1-5-24(2,3)23(33)31-10-8-25(9-11-31)18-32(16-20(25)17-35-13-12-34-4)21-7-6-19(15-30)22(14-21)26(27,28)29/h6-7,14,20H,5,8-13,16-18H2,1-4H3. The summed E-state index contributed by atoms with van der Waals surface area (Å²) in [4.78, 5) is 16.9. The molecular weight excluding hydrogens is 459 g/mol. The molecule has 1 aromatic rings. The molecule has 1 spiro atoms. The molecule has 0 aromatic heterocycles. The first-order valence-corrected chi connectivity index (χ1v) is 12.2. The Bertz CT molecular complexity index is 934. The number of halogens is 3. The van der Waals surface area contributed by atoms with Crippen molar-refractivity contribution in [1.29, 1.82) is 5.26 Å². The molecule has 9 heteroatoms. The summed E-state index contributed by atoms with van der Waals surface area (Å²) >= 11 is 0. The lowest BCUT2D eigenvalue weighted by atomic mass is 9.70. The van der Waals surface area contributed by atoms with Crippen LogP contribution in [0.1, 0.15) is 51.2 Å². The number of nitriles is 1. The highest BCUT2D eigenvalue weighted by atomic mass is 19.4. The Morgan fingerprint density at radius 1 is 1.23 bits per heavy atom. The molecule has 1 amide bonds. The van der Waals surface area contributed by atoms with Gasteiger partial charge in [-0.1, -0.05) is 20.8 Å². The van der Waals surface area contributed by atoms with Crippen LogP contribution >= 0.6 is 0 Å². The van der Waals surface area contributed by atoms with Crippen molar-refractivity contribution in [3.8, 4) is 6.07 Å². The molecule has 1 atom stereocenters. The lowest BCUT2D eigenvalue weighted by Gasteiger charge is -2.44. The number of hydrogen-bond acceptors (Lipinski definition) is 5. The topological polar surface area (TPSA) is 65.8 Å². The molecule has 2 saturated heterocycles. The van der Waals surface area contributed by atoms with E-state index in [0.717, 1.165) is 25.3 Å². The lowest BCUT2D eigenvalue weighted by molar-refractivity contribution is -0.143. The number of carbonyl (C=O) groups is 1. The summed E-state index contributed by atoms with van der Waals surface area (Å²) in [7, 11) is 1.61. The van der Waals surface area contributed by atoms with Gasteiger partial charge in [0.2, 0.25) is 5.91 Å². The van der Waals surface area contributed by atoms with Crippen LogP contribution in [-0.2, 0) is 20.4 Å². The minimum absolute atomic E-state index is 0.112. The van der Waals surface area contributed by atoms with Crippen LogP contribution in [0.5, 0.6) is 0 Å². The molecule has 35 heavy (non-hydrogen) atoms. The van der Waals surface area contributed by atoms with Crippen molar-refractivity contribution < 1.29 is 27.4 Å². The number of anilines is 1. The third-order valence-electron chi connectivity index (χ3n) is 7.87. The zero-order valence-corrected chi connectivity index (χ0v) is 21.1. The van der Waals surface area contributed by atoms with E-state index in [0.29, 0.717) is 51.7 Å². The van der Waals surface area contributed by atoms with E-state index >= 15 is 0 Å². The van der Waals surface area contributed by atoms with Crippen molar-refractivity contribution >= 4 is 11.6 Å². The van der Waals surface area contributed by atoms with Gasteiger partial charge in [-0.15, -0.1) is 0 Å². The monoisotopic (exact) mass is 495 g/mol. The zero-order valence-electron chi connectivity index (χ0n) is 21.1. The van der Waals surface area contributed by atoms with Gasteiger partial charge in [-0.05, 0) is 42.9 Å². The molecule has 0 aliphatic carbocycles. The average molecular weight is 496 g/mol. The van der Waals surface area contributed by atoms with Gasteiger partial charge >= 0.3 is 6.18 Å². The molecule has 2 fully saturated rings. The molecule has 2 aliphatic rings. The van der Waals surface area contributed by atoms with E-state index in [9.17, 15) is 18.0 Å². The second-order valence-corrected chi connectivity index (χ2v) is 10.4. The van der Waals surface area contributed by atoms with Crippen molar-refractivity contribution in [2.45, 2.75) is 46.2 Å². The van der Waals surface area contributed by atoms with Crippen LogP contribution in [0.25, 0.3) is 0 Å². The maximum absolute atomic E-state index is 13.6. The van der Waals surface area contributed by atoms with Crippen molar-refractivity contribution in [1.82, 2.24) is 4.90 Å². The molecule has 3 rings (SSSR count). The number of ether oxygens (including phenoxy) is 2. The van der Waals surface area contributed by atoms with Gasteiger partial charge in [0.25, 0.3) is 0 Å². The number of nitrogens with zero attached hydrogens (tertiary/aromatic N) is 3. The Balaban J connectivity index is 1.82. The highest BCUT2D eigenvalue weighted by molar-refractivity contribution is 5.82. The van der Waals surface area contributed by atoms with Gasteiger partial charge in [-0.2, -0.15) is 18.4 Å². The second kappa shape index (κ2) is 10.8. The first kappa shape index (κ1) is 27.3. The van der Waals surface area contributed by atoms with Crippen LogP contribution in [0.2, 0.25) is 0 Å². The van der Waals surface area contributed by atoms with Crippen LogP contribution in [0.4, 0.5) is 18.9 Å². The maximum atomic E-state index is 13.6. The first-order chi connectivity index (χ1) is 16.5. The predicted molar refractivity (Wildman–Crippen MR) is 127 cm³/mol. The molecule has 0 saturated carbocycles. The van der Waals surface area contributed by atoms with Crippen LogP contribution < -0.4 is 4.90 Å². The summed E-state index contributed by atoms with van der Waals surface area (Å²) < 4.78 is 51.7. The van der Waals surface area contributed by atoms with Gasteiger partial charge in [0.15, 0.2) is 0 Å². The van der Waals surface area contributed by atoms with Gasteiger partial charge in [0.1, 0.15) is 0 Å². The van der Waals surface area contributed by atoms with E-state index < -0.39 is 17.2 Å². The first-order valence-electron chi connectivity index (χ1n) is 12.2. The molecule has 1 aromatic carbocycles. The Hall–Kier alpha value is -2.31. The highest BCUT2D eigenvalue weighted by Gasteiger charge is 2.49. The summed E-state index contributed by atoms with van der Waals surface area (Å²) in [5.74, 6) is 0.264. The second-order valence-electron chi connectivity index (χ2n) is 10.4. The summed E-state index contributed by atoms with van der Waals surface area (Å²) in [6, 6.07) is 5.58. The van der Waals surface area contributed by atoms with Crippen molar-refractivity contribution in [3.05, 3.63) is 29.3 Å². The molecule has 0 radical (unpaired) electrons. The fraction of sp³-hybridized carbons (Fsp3) is 0.692. The third kappa shape index (κ3) is 5.92. The fourth-order valence-corrected chi connectivity index (χ4v) is 5.19. The van der Waals surface area contributed by atoms with Crippen molar-refractivity contribution in [2.24, 2.45) is 16.7 Å². The van der Waals surface area contributed by atoms with Crippen LogP contribution in [0.15, 0.2) is 18.2 Å². The number of carbonyl (C=O) groups excluding carboxylic acids is 1. The van der Waals surface area contributed by atoms with E-state index in [1.807, 2.05) is 30.6 Å². The van der Waals surface area contributed by atoms with Crippen LogP contribution in [0.3, 0.4) is 0 Å². The number of likely N-dealkylation sites (tertiary alicyclic amines) is 1. The minimum Gasteiger partial charge on any atom is -0.382 e. The summed E-state index contributed by atoms with van der Waals surface area (Å²) in [6.07, 6.45) is -2.29. The number of benzene rings is 1. The summed E-state index contributed by atoms with van der Waals surface area (Å²) in [6.45, 7) is 9.76. The van der Waals surface area contributed by atoms with E-state index in [2.05, 4.69) is 0 Å². The van der Waals surface area contributed by atoms with E-state index in [1.165, 1.54) is 6.07 Å². The zero-order chi connectivity index (χ0) is 25.9. The number of piperidine rings is 1. The third-order valence-corrected chi connectivity index (χ3v) is 7.87. The largest absolute Gasteiger partial charge is 0.417 e. The SMILES string of the molecule is CCC(C)(C)C(=O)N1CCC2(CC1)CN(c1ccc(C#N)c(C(F)(F)F)c1)CC2COCCOC. The van der Waals surface area contributed by atoms with Crippen molar-refractivity contribution in [3.63, 3.8) is 0 Å². The van der Waals surface area contributed by atoms with E-state index in [4.69, 9.17) is 14.7 Å². The van der Waals surface area contributed by atoms with Crippen LogP contribution in [-0.4, -0.2) is 63.9 Å². The quantitative estimate of drug-likeness (QED) is 0.488. The smallest absolute Gasteiger partial charge is 0.382 e. The van der Waals surface area contributed by atoms with Gasteiger partial charge in [0.05, 0.1) is 37.0 Å². The fourth-order valence-electron chi connectivity index (χ4n) is 5.19. The van der Waals surface area contributed by atoms with Gasteiger partial charge in [0, 0.05) is 50.3 Å². The Labute approximate surface area is 206 Å². The number of hydrogen-bond donors (Lipinski definition) is 0. The minimum atomic E-state index is -4.60. The molecule has 2 heterocycles.